The van der Waals surface area contributed by atoms with Crippen molar-refractivity contribution in [2.24, 2.45) is 0 Å². The topological polar surface area (TPSA) is 39.3 Å². The maximum absolute atomic E-state index is 12.1. The van der Waals surface area contributed by atoms with E-state index in [9.17, 15) is 18.0 Å². The zero-order valence-corrected chi connectivity index (χ0v) is 9.29. The lowest BCUT2D eigenvalue weighted by Crippen LogP contribution is -2.28. The highest BCUT2D eigenvalue weighted by atomic mass is 79.9. The second-order valence-corrected chi connectivity index (χ2v) is 3.84. The summed E-state index contributed by atoms with van der Waals surface area (Å²) in [5.41, 5.74) is -0.628. The SMILES string of the molecule is O=c1c2cnc(Br)n2ccn1CC(F)(F)F. The van der Waals surface area contributed by atoms with Crippen LogP contribution in [0, 0.1) is 0 Å². The van der Waals surface area contributed by atoms with Crippen LogP contribution in [0.25, 0.3) is 5.52 Å². The van der Waals surface area contributed by atoms with E-state index in [0.29, 0.717) is 9.30 Å². The smallest absolute Gasteiger partial charge is 0.303 e. The predicted octanol–water partition coefficient (Wildman–Crippen LogP) is 1.82. The van der Waals surface area contributed by atoms with E-state index < -0.39 is 18.3 Å². The Kier molecular flexibility index (Phi) is 2.53. The first-order chi connectivity index (χ1) is 7.38. The number of hydrogen-bond acceptors (Lipinski definition) is 2. The van der Waals surface area contributed by atoms with Crippen molar-refractivity contribution in [3.63, 3.8) is 0 Å². The molecule has 4 nitrogen and oxygen atoms in total. The first-order valence-electron chi connectivity index (χ1n) is 4.17. The van der Waals surface area contributed by atoms with Crippen LogP contribution in [0.1, 0.15) is 0 Å². The fourth-order valence-electron chi connectivity index (χ4n) is 1.32. The Balaban J connectivity index is 2.58. The van der Waals surface area contributed by atoms with Crippen molar-refractivity contribution in [1.82, 2.24) is 14.0 Å². The third-order valence-electron chi connectivity index (χ3n) is 1.98. The van der Waals surface area contributed by atoms with Crippen LogP contribution < -0.4 is 5.56 Å². The lowest BCUT2D eigenvalue weighted by atomic mass is 10.5. The molecule has 0 radical (unpaired) electrons. The van der Waals surface area contributed by atoms with Gasteiger partial charge in [-0.25, -0.2) is 4.98 Å². The van der Waals surface area contributed by atoms with Gasteiger partial charge in [-0.15, -0.1) is 0 Å². The van der Waals surface area contributed by atoms with Crippen molar-refractivity contribution in [3.8, 4) is 0 Å². The van der Waals surface area contributed by atoms with Gasteiger partial charge in [0.1, 0.15) is 12.1 Å². The molecular formula is C8H5BrF3N3O. The largest absolute Gasteiger partial charge is 0.406 e. The Bertz CT molecular complexity index is 586. The summed E-state index contributed by atoms with van der Waals surface area (Å²) in [4.78, 5) is 15.4. The van der Waals surface area contributed by atoms with E-state index in [1.807, 2.05) is 0 Å². The van der Waals surface area contributed by atoms with Crippen molar-refractivity contribution < 1.29 is 13.2 Å². The van der Waals surface area contributed by atoms with Crippen molar-refractivity contribution in [2.45, 2.75) is 12.7 Å². The summed E-state index contributed by atoms with van der Waals surface area (Å²) in [5, 5.41) is 0. The number of nitrogens with zero attached hydrogens (tertiary/aromatic N) is 3. The normalized spacial score (nSPS) is 12.2. The molecule has 2 rings (SSSR count). The summed E-state index contributed by atoms with van der Waals surface area (Å²) in [6, 6.07) is 0. The van der Waals surface area contributed by atoms with Crippen LogP contribution in [-0.2, 0) is 6.54 Å². The zero-order chi connectivity index (χ0) is 11.9. The molecule has 2 heterocycles. The number of alkyl halides is 3. The molecule has 0 saturated carbocycles. The second kappa shape index (κ2) is 3.62. The third kappa shape index (κ3) is 1.97. The number of aromatic nitrogens is 3. The number of hydrogen-bond donors (Lipinski definition) is 0. The van der Waals surface area contributed by atoms with Crippen molar-refractivity contribution >= 4 is 21.4 Å². The van der Waals surface area contributed by atoms with Gasteiger partial charge in [-0.05, 0) is 15.9 Å². The average molecular weight is 296 g/mol. The number of imidazole rings is 1. The highest BCUT2D eigenvalue weighted by molar-refractivity contribution is 9.10. The Morgan fingerprint density at radius 3 is 2.69 bits per heavy atom. The van der Waals surface area contributed by atoms with Crippen LogP contribution in [0.15, 0.2) is 28.1 Å². The fraction of sp³-hybridized carbons (Fsp3) is 0.250. The van der Waals surface area contributed by atoms with E-state index in [2.05, 4.69) is 20.9 Å². The highest BCUT2D eigenvalue weighted by Crippen LogP contribution is 2.16. The number of halogens is 4. The van der Waals surface area contributed by atoms with Crippen LogP contribution >= 0.6 is 15.9 Å². The van der Waals surface area contributed by atoms with Crippen LogP contribution in [0.4, 0.5) is 13.2 Å². The molecule has 0 aliphatic carbocycles. The van der Waals surface area contributed by atoms with E-state index in [0.717, 1.165) is 6.20 Å². The zero-order valence-electron chi connectivity index (χ0n) is 7.70. The molecule has 0 fully saturated rings. The van der Waals surface area contributed by atoms with Crippen molar-refractivity contribution in [1.29, 1.82) is 0 Å². The van der Waals surface area contributed by atoms with E-state index in [4.69, 9.17) is 0 Å². The lowest BCUT2D eigenvalue weighted by molar-refractivity contribution is -0.141. The van der Waals surface area contributed by atoms with E-state index >= 15 is 0 Å². The van der Waals surface area contributed by atoms with Gasteiger partial charge in [0.2, 0.25) is 0 Å². The average Bonchev–Trinajstić information content (AvgIpc) is 2.52. The quantitative estimate of drug-likeness (QED) is 0.805. The van der Waals surface area contributed by atoms with Gasteiger partial charge in [-0.3, -0.25) is 9.20 Å². The van der Waals surface area contributed by atoms with E-state index in [-0.39, 0.29) is 5.52 Å². The van der Waals surface area contributed by atoms with Crippen LogP contribution in [0.2, 0.25) is 0 Å². The minimum absolute atomic E-state index is 0.0959. The van der Waals surface area contributed by atoms with Gasteiger partial charge in [-0.1, -0.05) is 0 Å². The Labute approximate surface area is 95.5 Å². The Morgan fingerprint density at radius 1 is 1.38 bits per heavy atom. The second-order valence-electron chi connectivity index (χ2n) is 3.13. The predicted molar refractivity (Wildman–Crippen MR) is 53.2 cm³/mol. The van der Waals surface area contributed by atoms with Gasteiger partial charge in [0, 0.05) is 12.4 Å². The molecule has 0 bridgehead atoms. The molecular weight excluding hydrogens is 291 g/mol. The molecule has 16 heavy (non-hydrogen) atoms. The molecule has 2 aromatic rings. The molecule has 0 atom stereocenters. The van der Waals surface area contributed by atoms with Crippen LogP contribution in [-0.4, -0.2) is 20.1 Å². The summed E-state index contributed by atoms with van der Waals surface area (Å²) >= 11 is 3.07. The molecule has 0 aliphatic rings. The summed E-state index contributed by atoms with van der Waals surface area (Å²) in [7, 11) is 0. The van der Waals surface area contributed by atoms with Crippen molar-refractivity contribution in [3.05, 3.63) is 33.7 Å². The van der Waals surface area contributed by atoms with Crippen LogP contribution in [0.5, 0.6) is 0 Å². The molecule has 0 aliphatic heterocycles. The lowest BCUT2D eigenvalue weighted by Gasteiger charge is -2.09. The molecule has 86 valence electrons. The first-order valence-corrected chi connectivity index (χ1v) is 4.96. The number of fused-ring (bicyclic) bond motifs is 1. The summed E-state index contributed by atoms with van der Waals surface area (Å²) in [5.74, 6) is 0. The van der Waals surface area contributed by atoms with Gasteiger partial charge < -0.3 is 4.57 Å². The third-order valence-corrected chi connectivity index (χ3v) is 2.56. The Morgan fingerprint density at radius 2 is 2.06 bits per heavy atom. The molecule has 0 aromatic carbocycles. The van der Waals surface area contributed by atoms with Gasteiger partial charge in [0.05, 0.1) is 6.20 Å². The molecule has 0 saturated heterocycles. The number of rotatable bonds is 1. The van der Waals surface area contributed by atoms with Crippen molar-refractivity contribution in [2.75, 3.05) is 0 Å². The molecule has 0 amide bonds. The minimum Gasteiger partial charge on any atom is -0.303 e. The van der Waals surface area contributed by atoms with Gasteiger partial charge in [0.15, 0.2) is 4.73 Å². The molecule has 0 unspecified atom stereocenters. The molecule has 0 spiro atoms. The summed E-state index contributed by atoms with van der Waals surface area (Å²) in [6.07, 6.45) is -0.770. The monoisotopic (exact) mass is 295 g/mol. The maximum Gasteiger partial charge on any atom is 0.406 e. The standard InChI is InChI=1S/C8H5BrF3N3O/c9-7-13-3-5-6(16)14(1-2-15(5)7)4-8(10,11)12/h1-3H,4H2. The molecule has 8 heteroatoms. The fourth-order valence-corrected chi connectivity index (χ4v) is 1.73. The van der Waals surface area contributed by atoms with E-state index in [1.165, 1.54) is 16.8 Å². The highest BCUT2D eigenvalue weighted by Gasteiger charge is 2.28. The molecule has 2 aromatic heterocycles. The summed E-state index contributed by atoms with van der Waals surface area (Å²) in [6.45, 7) is -1.30. The Hall–Kier alpha value is -1.31. The first kappa shape index (κ1) is 11.2. The summed E-state index contributed by atoms with van der Waals surface area (Å²) < 4.78 is 38.8. The van der Waals surface area contributed by atoms with Gasteiger partial charge >= 0.3 is 6.18 Å². The van der Waals surface area contributed by atoms with Crippen LogP contribution in [0.3, 0.4) is 0 Å². The minimum atomic E-state index is -4.42. The van der Waals surface area contributed by atoms with E-state index in [1.54, 1.807) is 0 Å². The van der Waals surface area contributed by atoms with Gasteiger partial charge in [0.25, 0.3) is 5.56 Å². The molecule has 0 N–H and O–H groups in total. The maximum atomic E-state index is 12.1. The van der Waals surface area contributed by atoms with Gasteiger partial charge in [-0.2, -0.15) is 13.2 Å².